The minimum absolute atomic E-state index is 0.157. The van der Waals surface area contributed by atoms with Gasteiger partial charge in [0.05, 0.1) is 19.8 Å². The highest BCUT2D eigenvalue weighted by Crippen LogP contribution is 2.17. The smallest absolute Gasteiger partial charge is 0.339 e. The van der Waals surface area contributed by atoms with Crippen LogP contribution in [0.15, 0.2) is 24.3 Å². The van der Waals surface area contributed by atoms with Crippen molar-refractivity contribution >= 4 is 5.97 Å². The topological polar surface area (TPSA) is 74.2 Å². The molecule has 0 amide bonds. The second-order valence-corrected chi connectivity index (χ2v) is 4.22. The van der Waals surface area contributed by atoms with Crippen molar-refractivity contribution in [2.45, 2.75) is 6.42 Å². The highest BCUT2D eigenvalue weighted by molar-refractivity contribution is 5.90. The van der Waals surface area contributed by atoms with Crippen LogP contribution in [0.2, 0.25) is 0 Å². The van der Waals surface area contributed by atoms with E-state index < -0.39 is 5.97 Å². The van der Waals surface area contributed by atoms with Gasteiger partial charge in [-0.2, -0.15) is 0 Å². The summed E-state index contributed by atoms with van der Waals surface area (Å²) >= 11 is 0. The molecule has 0 aliphatic rings. The van der Waals surface area contributed by atoms with E-state index in [0.29, 0.717) is 45.4 Å². The number of methoxy groups -OCH3 is 1. The maximum absolute atomic E-state index is 11.0. The number of carboxylic acids is 1. The van der Waals surface area contributed by atoms with Crippen molar-refractivity contribution in [3.63, 3.8) is 0 Å². The third-order valence-corrected chi connectivity index (χ3v) is 2.61. The molecule has 118 valence electrons. The number of aromatic carboxylic acids is 1. The highest BCUT2D eigenvalue weighted by atomic mass is 16.5. The molecule has 0 saturated heterocycles. The van der Waals surface area contributed by atoms with Crippen LogP contribution < -0.4 is 4.74 Å². The zero-order chi connectivity index (χ0) is 15.3. The van der Waals surface area contributed by atoms with Crippen molar-refractivity contribution < 1.29 is 28.8 Å². The third-order valence-electron chi connectivity index (χ3n) is 2.61. The van der Waals surface area contributed by atoms with Gasteiger partial charge in [-0.25, -0.2) is 4.79 Å². The summed E-state index contributed by atoms with van der Waals surface area (Å²) in [6.07, 6.45) is 0.801. The van der Waals surface area contributed by atoms with E-state index in [1.807, 2.05) is 0 Å². The molecule has 1 aromatic carbocycles. The fourth-order valence-electron chi connectivity index (χ4n) is 1.59. The molecule has 1 N–H and O–H groups in total. The quantitative estimate of drug-likeness (QED) is 0.593. The average Bonchev–Trinajstić information content (AvgIpc) is 2.49. The van der Waals surface area contributed by atoms with Gasteiger partial charge < -0.3 is 24.1 Å². The van der Waals surface area contributed by atoms with Crippen LogP contribution in [0.3, 0.4) is 0 Å². The first-order valence-electron chi connectivity index (χ1n) is 6.85. The van der Waals surface area contributed by atoms with E-state index in [1.165, 1.54) is 6.07 Å². The minimum Gasteiger partial charge on any atom is -0.490 e. The summed E-state index contributed by atoms with van der Waals surface area (Å²) in [5, 5.41) is 8.99. The Morgan fingerprint density at radius 3 is 2.33 bits per heavy atom. The molecule has 0 saturated carbocycles. The van der Waals surface area contributed by atoms with Gasteiger partial charge in [0, 0.05) is 20.3 Å². The number of ether oxygens (including phenoxy) is 4. The highest BCUT2D eigenvalue weighted by Gasteiger charge is 2.09. The summed E-state index contributed by atoms with van der Waals surface area (Å²) in [6, 6.07) is 6.54. The summed E-state index contributed by atoms with van der Waals surface area (Å²) in [6.45, 7) is 3.12. The van der Waals surface area contributed by atoms with Crippen LogP contribution in [0.1, 0.15) is 16.8 Å². The molecule has 0 aliphatic carbocycles. The van der Waals surface area contributed by atoms with Gasteiger partial charge in [0.2, 0.25) is 0 Å². The molecular formula is C15H22O6. The minimum atomic E-state index is -1.00. The number of benzene rings is 1. The molecule has 21 heavy (non-hydrogen) atoms. The van der Waals surface area contributed by atoms with Gasteiger partial charge in [-0.15, -0.1) is 0 Å². The number of hydrogen-bond acceptors (Lipinski definition) is 5. The standard InChI is InChI=1S/C15H22O6/c1-18-9-10-19-7-4-8-20-11-12-21-14-6-3-2-5-13(14)15(16)17/h2-3,5-6H,4,7-12H2,1H3,(H,16,17). The maximum atomic E-state index is 11.0. The van der Waals surface area contributed by atoms with Crippen LogP contribution in [0.25, 0.3) is 0 Å². The summed E-state index contributed by atoms with van der Waals surface area (Å²) in [5.74, 6) is -0.642. The van der Waals surface area contributed by atoms with Gasteiger partial charge in [-0.1, -0.05) is 12.1 Å². The lowest BCUT2D eigenvalue weighted by Gasteiger charge is -2.09. The van der Waals surface area contributed by atoms with Crippen molar-refractivity contribution in [1.82, 2.24) is 0 Å². The summed E-state index contributed by atoms with van der Waals surface area (Å²) < 4.78 is 20.9. The number of para-hydroxylation sites is 1. The van der Waals surface area contributed by atoms with Crippen molar-refractivity contribution in [3.8, 4) is 5.75 Å². The van der Waals surface area contributed by atoms with Gasteiger partial charge in [0.1, 0.15) is 17.9 Å². The zero-order valence-electron chi connectivity index (χ0n) is 12.2. The lowest BCUT2D eigenvalue weighted by atomic mass is 10.2. The van der Waals surface area contributed by atoms with Crippen LogP contribution in [0.5, 0.6) is 5.75 Å². The molecule has 0 aliphatic heterocycles. The summed E-state index contributed by atoms with van der Waals surface area (Å²) in [4.78, 5) is 11.0. The molecule has 0 fully saturated rings. The lowest BCUT2D eigenvalue weighted by molar-refractivity contribution is 0.0456. The van der Waals surface area contributed by atoms with Crippen LogP contribution >= 0.6 is 0 Å². The van der Waals surface area contributed by atoms with E-state index in [4.69, 9.17) is 24.1 Å². The zero-order valence-corrected chi connectivity index (χ0v) is 12.2. The van der Waals surface area contributed by atoms with Crippen LogP contribution in [-0.2, 0) is 14.2 Å². The second-order valence-electron chi connectivity index (χ2n) is 4.22. The van der Waals surface area contributed by atoms with E-state index >= 15 is 0 Å². The van der Waals surface area contributed by atoms with Crippen molar-refractivity contribution in [2.24, 2.45) is 0 Å². The Morgan fingerprint density at radius 2 is 1.67 bits per heavy atom. The fraction of sp³-hybridized carbons (Fsp3) is 0.533. The van der Waals surface area contributed by atoms with E-state index in [2.05, 4.69) is 0 Å². The van der Waals surface area contributed by atoms with E-state index in [9.17, 15) is 4.79 Å². The Labute approximate surface area is 124 Å². The van der Waals surface area contributed by atoms with Crippen molar-refractivity contribution in [2.75, 3.05) is 46.8 Å². The lowest BCUT2D eigenvalue weighted by Crippen LogP contribution is -2.11. The fourth-order valence-corrected chi connectivity index (χ4v) is 1.59. The monoisotopic (exact) mass is 298 g/mol. The van der Waals surface area contributed by atoms with Crippen LogP contribution in [0.4, 0.5) is 0 Å². The average molecular weight is 298 g/mol. The normalized spacial score (nSPS) is 10.5. The Hall–Kier alpha value is -1.63. The molecule has 6 heteroatoms. The number of hydrogen-bond donors (Lipinski definition) is 1. The first-order chi connectivity index (χ1) is 10.3. The van der Waals surface area contributed by atoms with Crippen LogP contribution in [0, 0.1) is 0 Å². The summed E-state index contributed by atoms with van der Waals surface area (Å²) in [7, 11) is 1.63. The molecule has 0 aromatic heterocycles. The number of rotatable bonds is 12. The molecule has 0 heterocycles. The number of carbonyl (C=O) groups is 1. The van der Waals surface area contributed by atoms with E-state index in [-0.39, 0.29) is 5.56 Å². The predicted molar refractivity (Wildman–Crippen MR) is 77.0 cm³/mol. The molecule has 1 aromatic rings. The Balaban J connectivity index is 2.06. The molecular weight excluding hydrogens is 276 g/mol. The van der Waals surface area contributed by atoms with Gasteiger partial charge >= 0.3 is 5.97 Å². The Bertz CT molecular complexity index is 407. The largest absolute Gasteiger partial charge is 0.490 e. The van der Waals surface area contributed by atoms with Crippen molar-refractivity contribution in [1.29, 1.82) is 0 Å². The van der Waals surface area contributed by atoms with Gasteiger partial charge in [-0.05, 0) is 18.6 Å². The molecule has 0 bridgehead atoms. The van der Waals surface area contributed by atoms with E-state index in [1.54, 1.807) is 25.3 Å². The molecule has 1 rings (SSSR count). The Kier molecular flexibility index (Phi) is 9.19. The second kappa shape index (κ2) is 11.1. The van der Waals surface area contributed by atoms with E-state index in [0.717, 1.165) is 6.42 Å². The van der Waals surface area contributed by atoms with Gasteiger partial charge in [0.15, 0.2) is 0 Å². The van der Waals surface area contributed by atoms with Crippen LogP contribution in [-0.4, -0.2) is 57.8 Å². The molecule has 0 unspecified atom stereocenters. The first kappa shape index (κ1) is 17.4. The SMILES string of the molecule is COCCOCCCOCCOc1ccccc1C(=O)O. The van der Waals surface area contributed by atoms with Gasteiger partial charge in [0.25, 0.3) is 0 Å². The number of carboxylic acid groups (broad SMARTS) is 1. The van der Waals surface area contributed by atoms with Gasteiger partial charge in [-0.3, -0.25) is 0 Å². The molecule has 6 nitrogen and oxygen atoms in total. The summed E-state index contributed by atoms with van der Waals surface area (Å²) in [5.41, 5.74) is 0.157. The maximum Gasteiger partial charge on any atom is 0.339 e. The molecule has 0 radical (unpaired) electrons. The predicted octanol–water partition coefficient (Wildman–Crippen LogP) is 1.83. The third kappa shape index (κ3) is 7.65. The first-order valence-corrected chi connectivity index (χ1v) is 6.85. The van der Waals surface area contributed by atoms with Crippen molar-refractivity contribution in [3.05, 3.63) is 29.8 Å². The Morgan fingerprint density at radius 1 is 1.00 bits per heavy atom. The molecule has 0 spiro atoms. The molecule has 0 atom stereocenters.